The number of nitriles is 1. The first-order valence-electron chi connectivity index (χ1n) is 7.81. The minimum atomic E-state index is 0.333. The van der Waals surface area contributed by atoms with Crippen LogP contribution in [0.1, 0.15) is 50.4 Å². The van der Waals surface area contributed by atoms with Gasteiger partial charge in [-0.2, -0.15) is 5.26 Å². The fourth-order valence-corrected chi connectivity index (χ4v) is 2.57. The van der Waals surface area contributed by atoms with Crippen molar-refractivity contribution in [2.75, 3.05) is 6.61 Å². The van der Waals surface area contributed by atoms with Gasteiger partial charge in [0.2, 0.25) is 0 Å². The first kappa shape index (κ1) is 16.0. The van der Waals surface area contributed by atoms with Gasteiger partial charge in [-0.1, -0.05) is 37.3 Å². The van der Waals surface area contributed by atoms with E-state index in [1.807, 2.05) is 35.0 Å². The van der Waals surface area contributed by atoms with Crippen molar-refractivity contribution in [3.05, 3.63) is 41.7 Å². The molecule has 0 amide bonds. The second kappa shape index (κ2) is 8.18. The number of hydrogen-bond acceptors (Lipinski definition) is 4. The van der Waals surface area contributed by atoms with E-state index < -0.39 is 0 Å². The lowest BCUT2D eigenvalue weighted by molar-refractivity contribution is 0.296. The van der Waals surface area contributed by atoms with Gasteiger partial charge in [0.15, 0.2) is 5.69 Å². The number of aromatic nitrogens is 3. The van der Waals surface area contributed by atoms with E-state index in [4.69, 9.17) is 4.74 Å². The number of nitrogens with zero attached hydrogens (tertiary/aromatic N) is 4. The van der Waals surface area contributed by atoms with Crippen LogP contribution in [-0.4, -0.2) is 21.6 Å². The second-order valence-corrected chi connectivity index (χ2v) is 5.19. The number of hydrogen-bond donors (Lipinski definition) is 0. The summed E-state index contributed by atoms with van der Waals surface area (Å²) in [5.74, 6) is 1.21. The Hall–Kier alpha value is -2.35. The van der Waals surface area contributed by atoms with E-state index in [1.54, 1.807) is 0 Å². The monoisotopic (exact) mass is 298 g/mol. The zero-order chi connectivity index (χ0) is 15.8. The molecule has 0 spiro atoms. The van der Waals surface area contributed by atoms with E-state index in [2.05, 4.69) is 30.2 Å². The largest absolute Gasteiger partial charge is 0.494 e. The molecular formula is C17H22N4O. The quantitative estimate of drug-likeness (QED) is 0.699. The third-order valence-electron chi connectivity index (χ3n) is 3.78. The van der Waals surface area contributed by atoms with Crippen molar-refractivity contribution in [2.24, 2.45) is 0 Å². The fourth-order valence-electron chi connectivity index (χ4n) is 2.57. The minimum absolute atomic E-state index is 0.333. The molecule has 1 aromatic heterocycles. The zero-order valence-corrected chi connectivity index (χ0v) is 13.2. The van der Waals surface area contributed by atoms with Gasteiger partial charge in [0, 0.05) is 18.9 Å². The van der Waals surface area contributed by atoms with Crippen molar-refractivity contribution < 1.29 is 4.74 Å². The first-order valence-corrected chi connectivity index (χ1v) is 7.81. The van der Waals surface area contributed by atoms with Crippen LogP contribution in [0.5, 0.6) is 5.75 Å². The van der Waals surface area contributed by atoms with Crippen molar-refractivity contribution in [2.45, 2.75) is 45.6 Å². The molecule has 0 atom stereocenters. The predicted molar refractivity (Wildman–Crippen MR) is 84.6 cm³/mol. The Labute approximate surface area is 131 Å². The summed E-state index contributed by atoms with van der Waals surface area (Å²) >= 11 is 0. The Bertz CT molecular complexity index is 611. The van der Waals surface area contributed by atoms with Gasteiger partial charge < -0.3 is 4.74 Å². The summed E-state index contributed by atoms with van der Waals surface area (Å²) in [6.45, 7) is 5.60. The third-order valence-corrected chi connectivity index (χ3v) is 3.78. The third kappa shape index (κ3) is 3.85. The molecule has 0 saturated heterocycles. The molecule has 0 saturated carbocycles. The number of ether oxygens (including phenoxy) is 1. The highest BCUT2D eigenvalue weighted by Crippen LogP contribution is 2.25. The number of para-hydroxylation sites is 1. The molecule has 2 aromatic rings. The summed E-state index contributed by atoms with van der Waals surface area (Å²) in [4.78, 5) is 0. The number of rotatable bonds is 8. The average molecular weight is 298 g/mol. The summed E-state index contributed by atoms with van der Waals surface area (Å²) in [6, 6.07) is 11.9. The second-order valence-electron chi connectivity index (χ2n) is 5.19. The Balaban J connectivity index is 1.95. The van der Waals surface area contributed by atoms with Gasteiger partial charge in [-0.15, -0.1) is 5.10 Å². The van der Waals surface area contributed by atoms with Crippen molar-refractivity contribution in [3.8, 4) is 11.8 Å². The SMILES string of the molecule is CCC(CC)c1c(C#N)nnn1CCCOc1ccccc1. The standard InChI is InChI=1S/C17H22N4O/c1-3-14(4-2)17-16(13-18)19-20-21(17)11-8-12-22-15-9-6-5-7-10-15/h5-7,9-10,14H,3-4,8,11-12H2,1-2H3. The summed E-state index contributed by atoms with van der Waals surface area (Å²) < 4.78 is 7.55. The number of benzene rings is 1. The molecule has 116 valence electrons. The van der Waals surface area contributed by atoms with Crippen LogP contribution in [0.25, 0.3) is 0 Å². The van der Waals surface area contributed by atoms with Crippen molar-refractivity contribution in [1.82, 2.24) is 15.0 Å². The van der Waals surface area contributed by atoms with Gasteiger partial charge in [0.1, 0.15) is 11.8 Å². The van der Waals surface area contributed by atoms with Crippen LogP contribution in [0.3, 0.4) is 0 Å². The van der Waals surface area contributed by atoms with Gasteiger partial charge in [-0.05, 0) is 25.0 Å². The highest BCUT2D eigenvalue weighted by atomic mass is 16.5. The summed E-state index contributed by atoms with van der Waals surface area (Å²) in [5, 5.41) is 17.3. The van der Waals surface area contributed by atoms with Gasteiger partial charge in [0.25, 0.3) is 0 Å². The molecular weight excluding hydrogens is 276 g/mol. The van der Waals surface area contributed by atoms with Gasteiger partial charge in [-0.25, -0.2) is 4.68 Å². The van der Waals surface area contributed by atoms with Gasteiger partial charge >= 0.3 is 0 Å². The average Bonchev–Trinajstić information content (AvgIpc) is 2.97. The van der Waals surface area contributed by atoms with Crippen LogP contribution in [0.2, 0.25) is 0 Å². The van der Waals surface area contributed by atoms with E-state index in [1.165, 1.54) is 0 Å². The highest BCUT2D eigenvalue weighted by molar-refractivity contribution is 5.27. The Morgan fingerprint density at radius 2 is 1.95 bits per heavy atom. The smallest absolute Gasteiger partial charge is 0.186 e. The van der Waals surface area contributed by atoms with Crippen LogP contribution >= 0.6 is 0 Å². The molecule has 0 radical (unpaired) electrons. The molecule has 5 nitrogen and oxygen atoms in total. The maximum atomic E-state index is 9.20. The molecule has 2 rings (SSSR count). The Kier molecular flexibility index (Phi) is 5.96. The molecule has 5 heteroatoms. The Morgan fingerprint density at radius 3 is 2.59 bits per heavy atom. The molecule has 0 aliphatic heterocycles. The van der Waals surface area contributed by atoms with E-state index in [9.17, 15) is 5.26 Å². The maximum absolute atomic E-state index is 9.20. The predicted octanol–water partition coefficient (Wildman–Crippen LogP) is 3.52. The summed E-state index contributed by atoms with van der Waals surface area (Å²) in [7, 11) is 0. The molecule has 0 aliphatic carbocycles. The maximum Gasteiger partial charge on any atom is 0.186 e. The van der Waals surface area contributed by atoms with Crippen LogP contribution in [-0.2, 0) is 6.54 Å². The molecule has 22 heavy (non-hydrogen) atoms. The van der Waals surface area contributed by atoms with Crippen LogP contribution in [0.15, 0.2) is 30.3 Å². The summed E-state index contributed by atoms with van der Waals surface area (Å²) in [6.07, 6.45) is 2.80. The van der Waals surface area contributed by atoms with Gasteiger partial charge in [0.05, 0.1) is 12.3 Å². The molecule has 0 unspecified atom stereocenters. The molecule has 1 heterocycles. The normalized spacial score (nSPS) is 10.6. The lowest BCUT2D eigenvalue weighted by atomic mass is 9.97. The van der Waals surface area contributed by atoms with Crippen molar-refractivity contribution in [1.29, 1.82) is 5.26 Å². The van der Waals surface area contributed by atoms with Crippen LogP contribution in [0, 0.1) is 11.3 Å². The molecule has 1 aromatic carbocycles. The van der Waals surface area contributed by atoms with Crippen LogP contribution < -0.4 is 4.74 Å². The molecule has 0 aliphatic rings. The zero-order valence-electron chi connectivity index (χ0n) is 13.2. The lowest BCUT2D eigenvalue weighted by Gasteiger charge is -2.14. The first-order chi connectivity index (χ1) is 10.8. The van der Waals surface area contributed by atoms with E-state index >= 15 is 0 Å². The highest BCUT2D eigenvalue weighted by Gasteiger charge is 2.19. The molecule has 0 fully saturated rings. The topological polar surface area (TPSA) is 63.7 Å². The fraction of sp³-hybridized carbons (Fsp3) is 0.471. The van der Waals surface area contributed by atoms with E-state index in [0.717, 1.165) is 30.7 Å². The molecule has 0 bridgehead atoms. The van der Waals surface area contributed by atoms with Crippen molar-refractivity contribution >= 4 is 0 Å². The van der Waals surface area contributed by atoms with Crippen LogP contribution in [0.4, 0.5) is 0 Å². The summed E-state index contributed by atoms with van der Waals surface area (Å²) in [5.41, 5.74) is 1.42. The molecule has 0 N–H and O–H groups in total. The Morgan fingerprint density at radius 1 is 1.23 bits per heavy atom. The van der Waals surface area contributed by atoms with E-state index in [-0.39, 0.29) is 0 Å². The lowest BCUT2D eigenvalue weighted by Crippen LogP contribution is -2.12. The number of aryl methyl sites for hydroxylation is 1. The van der Waals surface area contributed by atoms with E-state index in [0.29, 0.717) is 24.8 Å². The minimum Gasteiger partial charge on any atom is -0.494 e. The van der Waals surface area contributed by atoms with Gasteiger partial charge in [-0.3, -0.25) is 0 Å². The van der Waals surface area contributed by atoms with Crippen molar-refractivity contribution in [3.63, 3.8) is 0 Å².